The van der Waals surface area contributed by atoms with E-state index in [2.05, 4.69) is 412 Å². The predicted molar refractivity (Wildman–Crippen MR) is 504 cm³/mol. The Labute approximate surface area is 677 Å². The minimum absolute atomic E-state index is 0.883. The van der Waals surface area contributed by atoms with Crippen molar-refractivity contribution in [1.29, 1.82) is 0 Å². The molecule has 0 aromatic heterocycles. The molecule has 0 heterocycles. The highest BCUT2D eigenvalue weighted by Crippen LogP contribution is 2.36. The lowest BCUT2D eigenvalue weighted by atomic mass is 9.93. The van der Waals surface area contributed by atoms with E-state index in [0.29, 0.717) is 0 Å². The summed E-state index contributed by atoms with van der Waals surface area (Å²) in [5.74, 6) is 1.78. The van der Waals surface area contributed by atoms with Crippen LogP contribution >= 0.6 is 0 Å². The van der Waals surface area contributed by atoms with Crippen LogP contribution in [0.15, 0.2) is 285 Å². The summed E-state index contributed by atoms with van der Waals surface area (Å²) in [4.78, 5) is 0. The van der Waals surface area contributed by atoms with Gasteiger partial charge in [-0.05, 0) is 392 Å². The van der Waals surface area contributed by atoms with Gasteiger partial charge in [-0.15, -0.1) is 0 Å². The van der Waals surface area contributed by atoms with Crippen LogP contribution in [0.4, 0.5) is 0 Å². The molecule has 0 aliphatic heterocycles. The van der Waals surface area contributed by atoms with Gasteiger partial charge in [0.25, 0.3) is 0 Å². The molecule has 0 N–H and O–H groups in total. The molecule has 0 amide bonds. The fourth-order valence-corrected chi connectivity index (χ4v) is 16.3. The highest BCUT2D eigenvalue weighted by molar-refractivity contribution is 6.07. The van der Waals surface area contributed by atoms with Gasteiger partial charge in [-0.2, -0.15) is 0 Å². The van der Waals surface area contributed by atoms with Crippen molar-refractivity contribution in [3.05, 3.63) is 402 Å². The highest BCUT2D eigenvalue weighted by Gasteiger charge is 2.11. The van der Waals surface area contributed by atoms with E-state index < -0.39 is 0 Å². The van der Waals surface area contributed by atoms with Crippen LogP contribution in [0, 0.1) is 145 Å². The van der Waals surface area contributed by atoms with Crippen molar-refractivity contribution < 1.29 is 4.74 Å². The summed E-state index contributed by atoms with van der Waals surface area (Å²) < 4.78 is 5.77. The zero-order valence-electron chi connectivity index (χ0n) is 71.0. The second-order valence-electron chi connectivity index (χ2n) is 32.6. The van der Waals surface area contributed by atoms with Gasteiger partial charge in [0.2, 0.25) is 0 Å². The quantitative estimate of drug-likeness (QED) is 0.157. The summed E-state index contributed by atoms with van der Waals surface area (Å²) in [5, 5.41) is 29.9. The molecule has 0 fully saturated rings. The SMILES string of the molecule is Cc1ccc(Oc2ccc(C)c(C)c2)cc1.Cc1ccc2c(C)c3cc(C)ccc3cc2c1.Cc1ccc2c(C)c3ccc(C)cc3cc2c1.Cc1ccc2c(C)cc(C)cc2c1.Cc1ccc2cc3c(C)c(C)ccc3cc2c1.Cc1ccc2cc3c(C)cc(C)cc3cc2c1.Cc1cccc2c(C)c3cccc(C)c3cc12. The first kappa shape index (κ1) is 79.9. The first-order valence-electron chi connectivity index (χ1n) is 40.4. The first-order chi connectivity index (χ1) is 54.6. The number of hydrogen-bond acceptors (Lipinski definition) is 1. The molecule has 1 heteroatoms. The molecule has 19 rings (SSSR count). The average Bonchev–Trinajstić information content (AvgIpc) is 0.789. The Balaban J connectivity index is 0.000000116. The topological polar surface area (TPSA) is 9.23 Å². The second kappa shape index (κ2) is 34.4. The van der Waals surface area contributed by atoms with Crippen LogP contribution in [0.5, 0.6) is 11.5 Å². The Kier molecular flexibility index (Phi) is 24.1. The molecular formula is C113H110O. The zero-order chi connectivity index (χ0) is 80.9. The van der Waals surface area contributed by atoms with E-state index in [0.717, 1.165) is 11.5 Å². The first-order valence-corrected chi connectivity index (χ1v) is 40.4. The third kappa shape index (κ3) is 18.3. The van der Waals surface area contributed by atoms with Gasteiger partial charge in [-0.1, -0.05) is 274 Å². The van der Waals surface area contributed by atoms with E-state index in [1.807, 2.05) is 18.2 Å². The third-order valence-corrected chi connectivity index (χ3v) is 23.1. The van der Waals surface area contributed by atoms with Crippen molar-refractivity contribution in [3.8, 4) is 11.5 Å². The summed E-state index contributed by atoms with van der Waals surface area (Å²) in [5.41, 5.74) is 28.1. The van der Waals surface area contributed by atoms with E-state index in [-0.39, 0.29) is 0 Å². The largest absolute Gasteiger partial charge is 0.457 e. The van der Waals surface area contributed by atoms with Gasteiger partial charge < -0.3 is 4.74 Å². The summed E-state index contributed by atoms with van der Waals surface area (Å²) in [6.45, 7) is 45.4. The lowest BCUT2D eigenvalue weighted by molar-refractivity contribution is 0.482. The Morgan fingerprint density at radius 1 is 0.132 bits per heavy atom. The lowest BCUT2D eigenvalue weighted by Crippen LogP contribution is -1.87. The van der Waals surface area contributed by atoms with Crippen molar-refractivity contribution in [2.75, 3.05) is 0 Å². The number of hydrogen-bond donors (Lipinski definition) is 0. The van der Waals surface area contributed by atoms with Gasteiger partial charge >= 0.3 is 0 Å². The fraction of sp³-hybridized carbons (Fsp3) is 0.186. The third-order valence-electron chi connectivity index (χ3n) is 23.1. The molecule has 0 aliphatic carbocycles. The van der Waals surface area contributed by atoms with Crippen LogP contribution in [0.25, 0.3) is 118 Å². The number of aryl methyl sites for hydroxylation is 21. The lowest BCUT2D eigenvalue weighted by Gasteiger charge is -2.11. The Morgan fingerprint density at radius 2 is 0.465 bits per heavy atom. The smallest absolute Gasteiger partial charge is 0.127 e. The van der Waals surface area contributed by atoms with Gasteiger partial charge in [0.15, 0.2) is 0 Å². The predicted octanol–water partition coefficient (Wildman–Crippen LogP) is 32.8. The van der Waals surface area contributed by atoms with E-state index in [4.69, 9.17) is 4.74 Å². The van der Waals surface area contributed by atoms with E-state index in [9.17, 15) is 0 Å². The maximum absolute atomic E-state index is 5.77. The molecule has 568 valence electrons. The molecule has 0 saturated carbocycles. The minimum Gasteiger partial charge on any atom is -0.457 e. The molecule has 1 nitrogen and oxygen atoms in total. The number of fused-ring (bicyclic) bond motifs is 11. The van der Waals surface area contributed by atoms with Crippen LogP contribution in [0.3, 0.4) is 0 Å². The molecular weight excluding hydrogens is 1370 g/mol. The minimum atomic E-state index is 0.883. The van der Waals surface area contributed by atoms with Gasteiger partial charge in [-0.3, -0.25) is 0 Å². The van der Waals surface area contributed by atoms with Crippen molar-refractivity contribution in [1.82, 2.24) is 0 Å². The molecule has 0 atom stereocenters. The molecule has 114 heavy (non-hydrogen) atoms. The monoisotopic (exact) mass is 1480 g/mol. The molecule has 0 saturated heterocycles. The van der Waals surface area contributed by atoms with Crippen molar-refractivity contribution >= 4 is 118 Å². The van der Waals surface area contributed by atoms with E-state index >= 15 is 0 Å². The van der Waals surface area contributed by atoms with Crippen molar-refractivity contribution in [2.24, 2.45) is 0 Å². The standard InChI is InChI=1S/5C17H16.C15H16O.C13H14/c1-11-5-7-16-13(3)17-9-12(2)4-6-14(17)10-15(16)8-11;1-11-4-6-14-10-17-13(3)12(2)5-7-15(17)9-16(14)8-11;1-11-4-6-16-13(3)17-7-5-12(2)9-15(17)10-14(16)8-11;1-11-6-4-8-14-13(3)15-9-5-7-12(2)17(15)10-16(11)14;1-11-4-5-14-10-17-13(3)6-12(2)8-16(17)9-15(14)7-11;1-11-4-7-14(8-5-11)16-15-9-6-12(2)13(3)10-15;1-9-4-5-13-11(3)6-10(2)8-12(13)7-9/h5*4-10H,1-3H3;4-10H,1-3H3;4-8H,1-3H3. The maximum atomic E-state index is 5.77. The summed E-state index contributed by atoms with van der Waals surface area (Å²) in [6.07, 6.45) is 0. The molecule has 0 unspecified atom stereocenters. The molecule has 0 spiro atoms. The van der Waals surface area contributed by atoms with E-state index in [1.165, 1.54) is 235 Å². The van der Waals surface area contributed by atoms with Crippen LogP contribution in [-0.2, 0) is 0 Å². The molecule has 0 radical (unpaired) electrons. The summed E-state index contributed by atoms with van der Waals surface area (Å²) >= 11 is 0. The molecule has 19 aromatic rings. The zero-order valence-corrected chi connectivity index (χ0v) is 71.0. The number of ether oxygens (including phenoxy) is 1. The van der Waals surface area contributed by atoms with Crippen molar-refractivity contribution in [2.45, 2.75) is 145 Å². The van der Waals surface area contributed by atoms with Crippen LogP contribution in [0.2, 0.25) is 0 Å². The number of rotatable bonds is 2. The Bertz CT molecular complexity index is 6700. The number of benzene rings is 19. The van der Waals surface area contributed by atoms with Gasteiger partial charge in [-0.25, -0.2) is 0 Å². The Hall–Kier alpha value is -12.2. The Morgan fingerprint density at radius 3 is 0.965 bits per heavy atom. The van der Waals surface area contributed by atoms with Gasteiger partial charge in [0, 0.05) is 0 Å². The average molecular weight is 1480 g/mol. The van der Waals surface area contributed by atoms with Crippen LogP contribution < -0.4 is 4.74 Å². The van der Waals surface area contributed by atoms with Crippen molar-refractivity contribution in [3.63, 3.8) is 0 Å². The van der Waals surface area contributed by atoms with E-state index in [1.54, 1.807) is 0 Å². The fourth-order valence-electron chi connectivity index (χ4n) is 16.3. The molecule has 0 aliphatic rings. The van der Waals surface area contributed by atoms with Crippen LogP contribution in [0.1, 0.15) is 117 Å². The van der Waals surface area contributed by atoms with Gasteiger partial charge in [0.05, 0.1) is 0 Å². The van der Waals surface area contributed by atoms with Crippen LogP contribution in [-0.4, -0.2) is 0 Å². The normalized spacial score (nSPS) is 11.0. The van der Waals surface area contributed by atoms with Gasteiger partial charge in [0.1, 0.15) is 11.5 Å². The molecule has 0 bridgehead atoms. The summed E-state index contributed by atoms with van der Waals surface area (Å²) in [6, 6.07) is 104. The highest BCUT2D eigenvalue weighted by atomic mass is 16.5. The molecule has 19 aromatic carbocycles. The summed E-state index contributed by atoms with van der Waals surface area (Å²) in [7, 11) is 0. The maximum Gasteiger partial charge on any atom is 0.127 e. The second-order valence-corrected chi connectivity index (χ2v) is 32.6.